The highest BCUT2D eigenvalue weighted by atomic mass is 16.3. The van der Waals surface area contributed by atoms with E-state index in [1.807, 2.05) is 18.2 Å². The van der Waals surface area contributed by atoms with Gasteiger partial charge in [-0.15, -0.1) is 0 Å². The van der Waals surface area contributed by atoms with Gasteiger partial charge in [-0.1, -0.05) is 30.3 Å². The molecule has 0 radical (unpaired) electrons. The first-order chi connectivity index (χ1) is 8.94. The summed E-state index contributed by atoms with van der Waals surface area (Å²) in [6.07, 6.45) is 1.17. The predicted octanol–water partition coefficient (Wildman–Crippen LogP) is 1.93. The number of aliphatic hydroxyl groups is 1. The Labute approximate surface area is 113 Å². The molecule has 0 unspecified atom stereocenters. The number of carbonyl (C=O) groups excluding carboxylic acids is 2. The second-order valence-electron chi connectivity index (χ2n) is 5.23. The average Bonchev–Trinajstić information content (AvgIpc) is 2.39. The van der Waals surface area contributed by atoms with Crippen LogP contribution in [0, 0.1) is 0 Å². The summed E-state index contributed by atoms with van der Waals surface area (Å²) in [4.78, 5) is 23.4. The maximum Gasteiger partial charge on any atom is 0.220 e. The average molecular weight is 263 g/mol. The van der Waals surface area contributed by atoms with E-state index in [1.54, 1.807) is 26.0 Å². The van der Waals surface area contributed by atoms with Crippen LogP contribution in [-0.2, 0) is 4.79 Å². The van der Waals surface area contributed by atoms with Gasteiger partial charge in [-0.3, -0.25) is 9.59 Å². The zero-order chi connectivity index (χ0) is 14.3. The van der Waals surface area contributed by atoms with Crippen molar-refractivity contribution in [3.63, 3.8) is 0 Å². The molecule has 0 aliphatic carbocycles. The summed E-state index contributed by atoms with van der Waals surface area (Å²) < 4.78 is 0. The Hall–Kier alpha value is -1.68. The van der Waals surface area contributed by atoms with Gasteiger partial charge in [-0.05, 0) is 20.3 Å². The second kappa shape index (κ2) is 7.04. The summed E-state index contributed by atoms with van der Waals surface area (Å²) in [7, 11) is 0. The molecule has 0 aliphatic heterocycles. The van der Waals surface area contributed by atoms with Crippen molar-refractivity contribution in [2.45, 2.75) is 38.6 Å². The summed E-state index contributed by atoms with van der Waals surface area (Å²) in [6.45, 7) is 3.39. The number of hydrogen-bond acceptors (Lipinski definition) is 3. The van der Waals surface area contributed by atoms with Crippen LogP contribution in [0.4, 0.5) is 0 Å². The molecule has 4 nitrogen and oxygen atoms in total. The van der Waals surface area contributed by atoms with Gasteiger partial charge in [0.1, 0.15) is 0 Å². The molecule has 19 heavy (non-hydrogen) atoms. The number of amides is 1. The van der Waals surface area contributed by atoms with Crippen molar-refractivity contribution in [1.29, 1.82) is 0 Å². The van der Waals surface area contributed by atoms with Crippen LogP contribution in [0.3, 0.4) is 0 Å². The lowest BCUT2D eigenvalue weighted by atomic mass is 10.0. The zero-order valence-corrected chi connectivity index (χ0v) is 11.5. The molecule has 0 aromatic heterocycles. The van der Waals surface area contributed by atoms with Crippen molar-refractivity contribution in [1.82, 2.24) is 5.32 Å². The zero-order valence-electron chi connectivity index (χ0n) is 11.5. The summed E-state index contributed by atoms with van der Waals surface area (Å²) >= 11 is 0. The van der Waals surface area contributed by atoms with E-state index >= 15 is 0 Å². The minimum Gasteiger partial charge on any atom is -0.394 e. The van der Waals surface area contributed by atoms with E-state index in [0.29, 0.717) is 24.8 Å². The molecule has 0 atom stereocenters. The number of benzene rings is 1. The third kappa shape index (κ3) is 5.66. The first kappa shape index (κ1) is 15.4. The van der Waals surface area contributed by atoms with E-state index in [-0.39, 0.29) is 18.3 Å². The van der Waals surface area contributed by atoms with Crippen LogP contribution in [0.2, 0.25) is 0 Å². The Balaban J connectivity index is 2.31. The van der Waals surface area contributed by atoms with E-state index in [1.165, 1.54) is 0 Å². The molecule has 1 aromatic carbocycles. The first-order valence-corrected chi connectivity index (χ1v) is 6.45. The molecular formula is C15H21NO3. The molecule has 0 saturated heterocycles. The fourth-order valence-electron chi connectivity index (χ4n) is 1.66. The van der Waals surface area contributed by atoms with E-state index in [0.717, 1.165) is 0 Å². The third-order valence-electron chi connectivity index (χ3n) is 2.78. The summed E-state index contributed by atoms with van der Waals surface area (Å²) in [5, 5.41) is 11.8. The second-order valence-corrected chi connectivity index (χ2v) is 5.23. The maximum absolute atomic E-state index is 11.8. The van der Waals surface area contributed by atoms with Crippen LogP contribution in [0.1, 0.15) is 43.5 Å². The van der Waals surface area contributed by atoms with E-state index in [4.69, 9.17) is 5.11 Å². The summed E-state index contributed by atoms with van der Waals surface area (Å²) in [6, 6.07) is 9.06. The highest BCUT2D eigenvalue weighted by molar-refractivity contribution is 5.96. The Bertz CT molecular complexity index is 426. The van der Waals surface area contributed by atoms with Gasteiger partial charge >= 0.3 is 0 Å². The normalized spacial score (nSPS) is 11.1. The number of hydrogen-bond donors (Lipinski definition) is 2. The quantitative estimate of drug-likeness (QED) is 0.739. The van der Waals surface area contributed by atoms with Crippen molar-refractivity contribution in [3.8, 4) is 0 Å². The van der Waals surface area contributed by atoms with Gasteiger partial charge in [0.05, 0.1) is 12.1 Å². The first-order valence-electron chi connectivity index (χ1n) is 6.45. The Morgan fingerprint density at radius 2 is 1.79 bits per heavy atom. The van der Waals surface area contributed by atoms with Gasteiger partial charge < -0.3 is 10.4 Å². The molecule has 1 amide bonds. The van der Waals surface area contributed by atoms with Crippen molar-refractivity contribution < 1.29 is 14.7 Å². The highest BCUT2D eigenvalue weighted by Gasteiger charge is 2.18. The standard InChI is InChI=1S/C15H21NO3/c1-15(2,11-17)16-14(19)10-6-9-13(18)12-7-4-3-5-8-12/h3-5,7-8,17H,6,9-11H2,1-2H3,(H,16,19). The van der Waals surface area contributed by atoms with Gasteiger partial charge in [0.2, 0.25) is 5.91 Å². The van der Waals surface area contributed by atoms with E-state index in [2.05, 4.69) is 5.32 Å². The molecule has 0 bridgehead atoms. The number of rotatable bonds is 7. The van der Waals surface area contributed by atoms with Crippen molar-refractivity contribution in [2.24, 2.45) is 0 Å². The van der Waals surface area contributed by atoms with Crippen LogP contribution in [0.5, 0.6) is 0 Å². The molecule has 0 aliphatic rings. The van der Waals surface area contributed by atoms with Crippen LogP contribution in [0.15, 0.2) is 30.3 Å². The van der Waals surface area contributed by atoms with Gasteiger partial charge in [-0.25, -0.2) is 0 Å². The number of ketones is 1. The maximum atomic E-state index is 11.8. The van der Waals surface area contributed by atoms with Gasteiger partial charge in [0, 0.05) is 18.4 Å². The summed E-state index contributed by atoms with van der Waals surface area (Å²) in [5.74, 6) is -0.0882. The molecule has 0 fully saturated rings. The minimum atomic E-state index is -0.611. The highest BCUT2D eigenvalue weighted by Crippen LogP contribution is 2.07. The molecule has 0 spiro atoms. The lowest BCUT2D eigenvalue weighted by Crippen LogP contribution is -2.46. The minimum absolute atomic E-state index is 0.0508. The number of Topliss-reactive ketones (excluding diaryl/α,β-unsaturated/α-hetero) is 1. The van der Waals surface area contributed by atoms with Gasteiger partial charge in [-0.2, -0.15) is 0 Å². The van der Waals surface area contributed by atoms with Crippen LogP contribution in [0.25, 0.3) is 0 Å². The summed E-state index contributed by atoms with van der Waals surface area (Å²) in [5.41, 5.74) is 0.0687. The fourth-order valence-corrected chi connectivity index (χ4v) is 1.66. The number of carbonyl (C=O) groups is 2. The molecule has 4 heteroatoms. The van der Waals surface area contributed by atoms with E-state index in [9.17, 15) is 9.59 Å². The molecule has 1 rings (SSSR count). The van der Waals surface area contributed by atoms with Crippen molar-refractivity contribution in [3.05, 3.63) is 35.9 Å². The SMILES string of the molecule is CC(C)(CO)NC(=O)CCCC(=O)c1ccccc1. The molecule has 0 heterocycles. The molecule has 1 aromatic rings. The molecule has 2 N–H and O–H groups in total. The molecule has 0 saturated carbocycles. The lowest BCUT2D eigenvalue weighted by Gasteiger charge is -2.23. The van der Waals surface area contributed by atoms with Crippen molar-refractivity contribution in [2.75, 3.05) is 6.61 Å². The Morgan fingerprint density at radius 1 is 1.16 bits per heavy atom. The number of nitrogens with one attached hydrogen (secondary N) is 1. The lowest BCUT2D eigenvalue weighted by molar-refractivity contribution is -0.123. The molecule has 104 valence electrons. The van der Waals surface area contributed by atoms with E-state index < -0.39 is 5.54 Å². The van der Waals surface area contributed by atoms with Crippen molar-refractivity contribution >= 4 is 11.7 Å². The topological polar surface area (TPSA) is 66.4 Å². The molecular weight excluding hydrogens is 242 g/mol. The number of aliphatic hydroxyl groups excluding tert-OH is 1. The van der Waals surface area contributed by atoms with Gasteiger partial charge in [0.25, 0.3) is 0 Å². The predicted molar refractivity (Wildman–Crippen MR) is 73.9 cm³/mol. The smallest absolute Gasteiger partial charge is 0.220 e. The third-order valence-corrected chi connectivity index (χ3v) is 2.78. The fraction of sp³-hybridized carbons (Fsp3) is 0.467. The van der Waals surface area contributed by atoms with Gasteiger partial charge in [0.15, 0.2) is 5.78 Å². The monoisotopic (exact) mass is 263 g/mol. The van der Waals surface area contributed by atoms with Crippen LogP contribution < -0.4 is 5.32 Å². The Kier molecular flexibility index (Phi) is 5.70. The Morgan fingerprint density at radius 3 is 2.37 bits per heavy atom. The van der Waals surface area contributed by atoms with Crippen LogP contribution in [-0.4, -0.2) is 28.9 Å². The largest absolute Gasteiger partial charge is 0.394 e. The van der Waals surface area contributed by atoms with Crippen LogP contribution >= 0.6 is 0 Å².